The second kappa shape index (κ2) is 3.59. The van der Waals surface area contributed by atoms with E-state index in [1.807, 2.05) is 0 Å². The van der Waals surface area contributed by atoms with E-state index in [1.54, 1.807) is 0 Å². The van der Waals surface area contributed by atoms with Crippen LogP contribution in [0, 0.1) is 0 Å². The van der Waals surface area contributed by atoms with Crippen LogP contribution in [0.5, 0.6) is 0 Å². The molecular weight excluding hydrogens is 190 g/mol. The molecule has 1 nitrogen and oxygen atoms in total. The normalized spacial score (nSPS) is 26.6. The Morgan fingerprint density at radius 3 is 2.43 bits per heavy atom. The highest BCUT2D eigenvalue weighted by atomic mass is 32.2. The molecule has 0 spiro atoms. The second-order valence-corrected chi connectivity index (χ2v) is 6.34. The zero-order valence-electron chi connectivity index (χ0n) is 9.03. The lowest BCUT2D eigenvalue weighted by Crippen LogP contribution is -2.23. The van der Waals surface area contributed by atoms with Gasteiger partial charge in [0, 0.05) is 11.3 Å². The highest BCUT2D eigenvalue weighted by Crippen LogP contribution is 2.47. The van der Waals surface area contributed by atoms with Gasteiger partial charge in [0.25, 0.3) is 0 Å². The van der Waals surface area contributed by atoms with E-state index >= 15 is 0 Å². The van der Waals surface area contributed by atoms with Gasteiger partial charge in [0.05, 0.1) is 5.37 Å². The van der Waals surface area contributed by atoms with Gasteiger partial charge in [-0.2, -0.15) is 0 Å². The van der Waals surface area contributed by atoms with Crippen LogP contribution >= 0.6 is 11.8 Å². The summed E-state index contributed by atoms with van der Waals surface area (Å²) in [5.74, 6) is 0. The van der Waals surface area contributed by atoms with E-state index in [2.05, 4.69) is 67.9 Å². The van der Waals surface area contributed by atoms with Gasteiger partial charge in [0.1, 0.15) is 0 Å². The Morgan fingerprint density at radius 2 is 1.93 bits per heavy atom. The van der Waals surface area contributed by atoms with Crippen LogP contribution in [0.3, 0.4) is 0 Å². The van der Waals surface area contributed by atoms with E-state index in [4.69, 9.17) is 0 Å². The Labute approximate surface area is 90.5 Å². The molecule has 0 aromatic heterocycles. The van der Waals surface area contributed by atoms with Crippen LogP contribution in [0.1, 0.15) is 24.8 Å². The van der Waals surface area contributed by atoms with Crippen molar-refractivity contribution in [3.05, 3.63) is 35.9 Å². The van der Waals surface area contributed by atoms with Gasteiger partial charge in [0.15, 0.2) is 0 Å². The lowest BCUT2D eigenvalue weighted by molar-refractivity contribution is 0.325. The predicted octanol–water partition coefficient (Wildman–Crippen LogP) is 3.14. The molecule has 1 atom stereocenters. The summed E-state index contributed by atoms with van der Waals surface area (Å²) < 4.78 is 0.384. The van der Waals surface area contributed by atoms with Gasteiger partial charge in [-0.1, -0.05) is 30.3 Å². The molecule has 2 rings (SSSR count). The summed E-state index contributed by atoms with van der Waals surface area (Å²) in [6.07, 6.45) is 0. The van der Waals surface area contributed by atoms with Gasteiger partial charge in [-0.15, -0.1) is 11.8 Å². The molecule has 0 saturated carbocycles. The average Bonchev–Trinajstić information content (AvgIpc) is 2.41. The topological polar surface area (TPSA) is 3.24 Å². The summed E-state index contributed by atoms with van der Waals surface area (Å²) in [4.78, 5) is 2.43. The summed E-state index contributed by atoms with van der Waals surface area (Å²) in [7, 11) is 2.21. The van der Waals surface area contributed by atoms with E-state index in [0.29, 0.717) is 10.1 Å². The fourth-order valence-corrected chi connectivity index (χ4v) is 3.48. The molecule has 0 radical (unpaired) electrons. The van der Waals surface area contributed by atoms with Crippen molar-refractivity contribution in [3.63, 3.8) is 0 Å². The molecule has 0 amide bonds. The maximum absolute atomic E-state index is 2.43. The van der Waals surface area contributed by atoms with Crippen molar-refractivity contribution in [1.82, 2.24) is 4.90 Å². The number of rotatable bonds is 1. The highest BCUT2D eigenvalue weighted by molar-refractivity contribution is 8.01. The Balaban J connectivity index is 2.21. The molecule has 14 heavy (non-hydrogen) atoms. The fourth-order valence-electron chi connectivity index (χ4n) is 2.05. The lowest BCUT2D eigenvalue weighted by Gasteiger charge is -2.18. The molecule has 1 aromatic carbocycles. The zero-order valence-corrected chi connectivity index (χ0v) is 9.84. The van der Waals surface area contributed by atoms with Crippen molar-refractivity contribution < 1.29 is 0 Å². The molecule has 1 fully saturated rings. The molecule has 1 aliphatic heterocycles. The van der Waals surface area contributed by atoms with Gasteiger partial charge >= 0.3 is 0 Å². The van der Waals surface area contributed by atoms with Crippen molar-refractivity contribution in [2.24, 2.45) is 0 Å². The molecule has 0 unspecified atom stereocenters. The van der Waals surface area contributed by atoms with Crippen LogP contribution < -0.4 is 0 Å². The SMILES string of the molecule is CN1CC(C)(C)S[C@@H]1c1ccccc1. The van der Waals surface area contributed by atoms with E-state index in [-0.39, 0.29) is 0 Å². The Bertz CT molecular complexity index is 307. The summed E-state index contributed by atoms with van der Waals surface area (Å²) in [5, 5.41) is 0.534. The summed E-state index contributed by atoms with van der Waals surface area (Å²) in [6, 6.07) is 10.8. The maximum atomic E-state index is 2.43. The van der Waals surface area contributed by atoms with Crippen molar-refractivity contribution in [2.75, 3.05) is 13.6 Å². The molecule has 1 aromatic rings. The minimum Gasteiger partial charge on any atom is -0.289 e. The maximum Gasteiger partial charge on any atom is 0.0818 e. The molecule has 0 aliphatic carbocycles. The van der Waals surface area contributed by atoms with Gasteiger partial charge in [-0.25, -0.2) is 0 Å². The first-order chi connectivity index (χ1) is 6.58. The smallest absolute Gasteiger partial charge is 0.0818 e. The molecule has 1 aliphatic rings. The molecule has 1 heterocycles. The second-order valence-electron chi connectivity index (χ2n) is 4.56. The van der Waals surface area contributed by atoms with Gasteiger partial charge < -0.3 is 0 Å². The molecule has 1 saturated heterocycles. The average molecular weight is 207 g/mol. The van der Waals surface area contributed by atoms with Crippen LogP contribution in [0.25, 0.3) is 0 Å². The predicted molar refractivity (Wildman–Crippen MR) is 63.5 cm³/mol. The van der Waals surface area contributed by atoms with Crippen LogP contribution in [-0.2, 0) is 0 Å². The Hall–Kier alpha value is -0.470. The number of hydrogen-bond acceptors (Lipinski definition) is 2. The minimum absolute atomic E-state index is 0.384. The van der Waals surface area contributed by atoms with Crippen molar-refractivity contribution in [2.45, 2.75) is 24.0 Å². The largest absolute Gasteiger partial charge is 0.289 e. The number of nitrogens with zero attached hydrogens (tertiary/aromatic N) is 1. The van der Waals surface area contributed by atoms with Crippen molar-refractivity contribution in [3.8, 4) is 0 Å². The third-order valence-electron chi connectivity index (χ3n) is 2.55. The van der Waals surface area contributed by atoms with E-state index in [1.165, 1.54) is 5.56 Å². The van der Waals surface area contributed by atoms with Crippen LogP contribution in [0.15, 0.2) is 30.3 Å². The van der Waals surface area contributed by atoms with E-state index in [9.17, 15) is 0 Å². The lowest BCUT2D eigenvalue weighted by atomic mass is 10.2. The molecule has 76 valence electrons. The summed E-state index contributed by atoms with van der Waals surface area (Å²) >= 11 is 2.05. The number of hydrogen-bond donors (Lipinski definition) is 0. The number of benzene rings is 1. The van der Waals surface area contributed by atoms with Gasteiger partial charge in [-0.05, 0) is 26.5 Å². The summed E-state index contributed by atoms with van der Waals surface area (Å²) in [5.41, 5.74) is 1.42. The molecule has 0 bridgehead atoms. The monoisotopic (exact) mass is 207 g/mol. The Morgan fingerprint density at radius 1 is 1.29 bits per heavy atom. The highest BCUT2D eigenvalue weighted by Gasteiger charge is 2.36. The molecule has 2 heteroatoms. The third kappa shape index (κ3) is 1.96. The first-order valence-electron chi connectivity index (χ1n) is 5.01. The first kappa shape index (κ1) is 10.1. The number of thioether (sulfide) groups is 1. The quantitative estimate of drug-likeness (QED) is 0.696. The standard InChI is InChI=1S/C12H17NS/c1-12(2)9-13(3)11(14-12)10-7-5-4-6-8-10/h4-8,11H,9H2,1-3H3/t11-/m1/s1. The fraction of sp³-hybridized carbons (Fsp3) is 0.500. The van der Waals surface area contributed by atoms with E-state index in [0.717, 1.165) is 6.54 Å². The molecular formula is C12H17NS. The third-order valence-corrected chi connectivity index (χ3v) is 4.17. The van der Waals surface area contributed by atoms with Crippen LogP contribution in [0.4, 0.5) is 0 Å². The van der Waals surface area contributed by atoms with E-state index < -0.39 is 0 Å². The van der Waals surface area contributed by atoms with Crippen molar-refractivity contribution in [1.29, 1.82) is 0 Å². The van der Waals surface area contributed by atoms with Gasteiger partial charge in [0.2, 0.25) is 0 Å². The van der Waals surface area contributed by atoms with Gasteiger partial charge in [-0.3, -0.25) is 4.90 Å². The van der Waals surface area contributed by atoms with Crippen LogP contribution in [-0.4, -0.2) is 23.2 Å². The zero-order chi connectivity index (χ0) is 10.2. The Kier molecular flexibility index (Phi) is 2.58. The molecule has 0 N–H and O–H groups in total. The van der Waals surface area contributed by atoms with Crippen LogP contribution in [0.2, 0.25) is 0 Å². The van der Waals surface area contributed by atoms with Crippen molar-refractivity contribution >= 4 is 11.8 Å². The summed E-state index contributed by atoms with van der Waals surface area (Å²) in [6.45, 7) is 5.80. The minimum atomic E-state index is 0.384. The first-order valence-corrected chi connectivity index (χ1v) is 5.89.